The van der Waals surface area contributed by atoms with Crippen LogP contribution in [0.3, 0.4) is 0 Å². The summed E-state index contributed by atoms with van der Waals surface area (Å²) in [6.45, 7) is 0.762. The number of aliphatic carboxylic acids is 1. The summed E-state index contributed by atoms with van der Waals surface area (Å²) >= 11 is 14.3. The third-order valence-electron chi connectivity index (χ3n) is 5.16. The zero-order valence-corrected chi connectivity index (χ0v) is 16.7. The Labute approximate surface area is 167 Å². The Hall–Kier alpha value is -1.36. The van der Waals surface area contributed by atoms with Crippen molar-refractivity contribution in [2.75, 3.05) is 13.6 Å². The molecule has 0 bridgehead atoms. The predicted molar refractivity (Wildman–Crippen MR) is 109 cm³/mol. The highest BCUT2D eigenvalue weighted by atomic mass is 35.5. The van der Waals surface area contributed by atoms with Crippen LogP contribution < -0.4 is 0 Å². The van der Waals surface area contributed by atoms with Gasteiger partial charge >= 0.3 is 5.97 Å². The van der Waals surface area contributed by atoms with Crippen molar-refractivity contribution >= 4 is 46.5 Å². The largest absolute Gasteiger partial charge is 0.481 e. The van der Waals surface area contributed by atoms with Crippen LogP contribution in [0, 0.1) is 0 Å². The molecule has 1 aromatic carbocycles. The summed E-state index contributed by atoms with van der Waals surface area (Å²) in [6.07, 6.45) is 5.88. The van der Waals surface area contributed by atoms with Crippen LogP contribution in [0.1, 0.15) is 31.2 Å². The fourth-order valence-electron chi connectivity index (χ4n) is 3.98. The average Bonchev–Trinajstić information content (AvgIpc) is 2.96. The molecule has 0 saturated heterocycles. The molecule has 136 valence electrons. The standard InChI is InChI=1S/C20H19Cl2NO2S/c1-23-10-13-12-4-2-3-5-17(12)26-20(13)19(16(23)9-18(24)25)11-6-7-14(21)15(22)8-11/h4,6-8,17H,2-3,5,9-10H2,1H3,(H,24,25). The van der Waals surface area contributed by atoms with Gasteiger partial charge in [0.05, 0.1) is 16.5 Å². The molecule has 1 aliphatic carbocycles. The second-order valence-corrected chi connectivity index (χ2v) is 8.91. The molecular weight excluding hydrogens is 389 g/mol. The van der Waals surface area contributed by atoms with Crippen molar-refractivity contribution in [2.24, 2.45) is 0 Å². The monoisotopic (exact) mass is 407 g/mol. The Morgan fingerprint density at radius 1 is 1.35 bits per heavy atom. The van der Waals surface area contributed by atoms with Gasteiger partial charge in [0, 0.05) is 35.0 Å². The Bertz CT molecular complexity index is 888. The molecule has 2 heterocycles. The number of rotatable bonds is 3. The number of fused-ring (bicyclic) bond motifs is 2. The SMILES string of the molecule is CN1CC2=C(SC3CCCC=C23)C(c2ccc(Cl)c(Cl)c2)=C1CC(=O)O. The fourth-order valence-corrected chi connectivity index (χ4v) is 5.89. The first kappa shape index (κ1) is 18.0. The van der Waals surface area contributed by atoms with Crippen molar-refractivity contribution in [2.45, 2.75) is 30.9 Å². The summed E-state index contributed by atoms with van der Waals surface area (Å²) in [5, 5.41) is 10.9. The summed E-state index contributed by atoms with van der Waals surface area (Å²) in [5.41, 5.74) is 5.55. The number of allylic oxidation sites excluding steroid dienone is 2. The average molecular weight is 408 g/mol. The second-order valence-electron chi connectivity index (χ2n) is 6.88. The third-order valence-corrected chi connectivity index (χ3v) is 7.36. The van der Waals surface area contributed by atoms with Gasteiger partial charge in [-0.3, -0.25) is 4.79 Å². The Morgan fingerprint density at radius 3 is 2.88 bits per heavy atom. The minimum absolute atomic E-state index is 0.00681. The van der Waals surface area contributed by atoms with E-state index in [1.165, 1.54) is 28.9 Å². The van der Waals surface area contributed by atoms with Crippen molar-refractivity contribution in [3.05, 3.63) is 61.6 Å². The smallest absolute Gasteiger partial charge is 0.309 e. The van der Waals surface area contributed by atoms with Crippen LogP contribution in [0.25, 0.3) is 5.57 Å². The lowest BCUT2D eigenvalue weighted by molar-refractivity contribution is -0.136. The first-order chi connectivity index (χ1) is 12.5. The number of thioether (sulfide) groups is 1. The van der Waals surface area contributed by atoms with E-state index >= 15 is 0 Å². The topological polar surface area (TPSA) is 40.5 Å². The lowest BCUT2D eigenvalue weighted by atomic mass is 9.88. The fraction of sp³-hybridized carbons (Fsp3) is 0.350. The Balaban J connectivity index is 1.90. The van der Waals surface area contributed by atoms with Gasteiger partial charge < -0.3 is 10.0 Å². The van der Waals surface area contributed by atoms with Crippen molar-refractivity contribution in [1.29, 1.82) is 0 Å². The zero-order chi connectivity index (χ0) is 18.4. The molecular formula is C20H19Cl2NO2S. The van der Waals surface area contributed by atoms with E-state index in [2.05, 4.69) is 11.0 Å². The normalized spacial score (nSPS) is 22.3. The molecule has 1 atom stereocenters. The summed E-state index contributed by atoms with van der Waals surface area (Å²) in [5.74, 6) is -0.826. The summed E-state index contributed by atoms with van der Waals surface area (Å²) in [6, 6.07) is 5.57. The first-order valence-electron chi connectivity index (χ1n) is 8.68. The molecule has 3 aliphatic rings. The van der Waals surface area contributed by atoms with E-state index in [4.69, 9.17) is 23.2 Å². The summed E-state index contributed by atoms with van der Waals surface area (Å²) in [7, 11) is 1.97. The Morgan fingerprint density at radius 2 is 2.15 bits per heavy atom. The predicted octanol–water partition coefficient (Wildman–Crippen LogP) is 5.60. The maximum absolute atomic E-state index is 11.5. The lowest BCUT2D eigenvalue weighted by Gasteiger charge is -2.32. The van der Waals surface area contributed by atoms with E-state index in [-0.39, 0.29) is 6.42 Å². The number of likely N-dealkylation sites (N-methyl/N-ethyl adjacent to an activating group) is 1. The van der Waals surface area contributed by atoms with Crippen LogP contribution in [-0.4, -0.2) is 34.8 Å². The molecule has 0 saturated carbocycles. The number of nitrogens with zero attached hydrogens (tertiary/aromatic N) is 1. The van der Waals surface area contributed by atoms with E-state index in [9.17, 15) is 9.90 Å². The molecule has 0 spiro atoms. The highest BCUT2D eigenvalue weighted by Crippen LogP contribution is 2.54. The molecule has 1 N–H and O–H groups in total. The number of hydrogen-bond acceptors (Lipinski definition) is 3. The van der Waals surface area contributed by atoms with Gasteiger partial charge in [-0.15, -0.1) is 11.8 Å². The van der Waals surface area contributed by atoms with Gasteiger partial charge in [0.1, 0.15) is 0 Å². The minimum Gasteiger partial charge on any atom is -0.481 e. The van der Waals surface area contributed by atoms with Crippen molar-refractivity contribution in [3.63, 3.8) is 0 Å². The molecule has 26 heavy (non-hydrogen) atoms. The summed E-state index contributed by atoms with van der Waals surface area (Å²) in [4.78, 5) is 14.8. The molecule has 2 aliphatic heterocycles. The molecule has 0 fully saturated rings. The maximum atomic E-state index is 11.5. The van der Waals surface area contributed by atoms with Crippen LogP contribution in [0.5, 0.6) is 0 Å². The van der Waals surface area contributed by atoms with E-state index < -0.39 is 5.97 Å². The molecule has 0 amide bonds. The number of hydrogen-bond donors (Lipinski definition) is 1. The molecule has 0 radical (unpaired) electrons. The molecule has 1 aromatic rings. The van der Waals surface area contributed by atoms with Gasteiger partial charge in [0.15, 0.2) is 0 Å². The molecule has 1 unspecified atom stereocenters. The molecule has 6 heteroatoms. The summed E-state index contributed by atoms with van der Waals surface area (Å²) < 4.78 is 0. The van der Waals surface area contributed by atoms with Gasteiger partial charge in [-0.1, -0.05) is 35.3 Å². The van der Waals surface area contributed by atoms with Crippen LogP contribution in [0.15, 0.2) is 46.0 Å². The van der Waals surface area contributed by atoms with Crippen LogP contribution in [0.2, 0.25) is 10.0 Å². The van der Waals surface area contributed by atoms with Crippen molar-refractivity contribution in [3.8, 4) is 0 Å². The number of carboxylic acids is 1. The maximum Gasteiger partial charge on any atom is 0.309 e. The number of carboxylic acid groups (broad SMARTS) is 1. The number of benzene rings is 1. The van der Waals surface area contributed by atoms with Gasteiger partial charge in [-0.05, 0) is 48.1 Å². The zero-order valence-electron chi connectivity index (χ0n) is 14.4. The van der Waals surface area contributed by atoms with Gasteiger partial charge in [-0.2, -0.15) is 0 Å². The van der Waals surface area contributed by atoms with Gasteiger partial charge in [0.25, 0.3) is 0 Å². The van der Waals surface area contributed by atoms with E-state index in [0.29, 0.717) is 15.3 Å². The van der Waals surface area contributed by atoms with Gasteiger partial charge in [-0.25, -0.2) is 0 Å². The third kappa shape index (κ3) is 3.08. The van der Waals surface area contributed by atoms with Crippen molar-refractivity contribution < 1.29 is 9.90 Å². The minimum atomic E-state index is -0.826. The lowest BCUT2D eigenvalue weighted by Crippen LogP contribution is -2.28. The molecule has 0 aromatic heterocycles. The van der Waals surface area contributed by atoms with Crippen LogP contribution >= 0.6 is 35.0 Å². The Kier molecular flexibility index (Phi) is 4.84. The van der Waals surface area contributed by atoms with E-state index in [1.54, 1.807) is 6.07 Å². The highest BCUT2D eigenvalue weighted by molar-refractivity contribution is 8.04. The van der Waals surface area contributed by atoms with Crippen molar-refractivity contribution in [1.82, 2.24) is 4.90 Å². The molecule has 4 rings (SSSR count). The van der Waals surface area contributed by atoms with E-state index in [1.807, 2.05) is 30.9 Å². The highest BCUT2D eigenvalue weighted by Gasteiger charge is 2.38. The van der Waals surface area contributed by atoms with E-state index in [0.717, 1.165) is 29.8 Å². The van der Waals surface area contributed by atoms with Crippen LogP contribution in [0.4, 0.5) is 0 Å². The van der Waals surface area contributed by atoms with Crippen LogP contribution in [-0.2, 0) is 4.79 Å². The second kappa shape index (κ2) is 6.99. The number of halogens is 2. The van der Waals surface area contributed by atoms with Gasteiger partial charge in [0.2, 0.25) is 0 Å². The quantitative estimate of drug-likeness (QED) is 0.707. The molecule has 3 nitrogen and oxygen atoms in total. The number of carbonyl (C=O) groups is 1. The first-order valence-corrected chi connectivity index (χ1v) is 10.3.